The van der Waals surface area contributed by atoms with E-state index in [4.69, 9.17) is 9.05 Å². The van der Waals surface area contributed by atoms with Crippen LogP contribution in [-0.2, 0) is 18.4 Å². The minimum absolute atomic E-state index is 0.158. The molecule has 0 aromatic heterocycles. The number of phosphoric ester groups is 1. The fourth-order valence-electron chi connectivity index (χ4n) is 8.90. The molecule has 0 aliphatic heterocycles. The van der Waals surface area contributed by atoms with Crippen molar-refractivity contribution in [1.82, 2.24) is 5.32 Å². The van der Waals surface area contributed by atoms with E-state index in [0.717, 1.165) is 51.4 Å². The fraction of sp³-hybridized carbons (Fsp3) is 0.980. The lowest BCUT2D eigenvalue weighted by Gasteiger charge is -2.41. The first-order valence-corrected chi connectivity index (χ1v) is 28.2. The minimum atomic E-state index is -5.23. The van der Waals surface area contributed by atoms with Crippen molar-refractivity contribution in [3.05, 3.63) is 0 Å². The zero-order chi connectivity index (χ0) is 48.1. The molecule has 1 aliphatic rings. The van der Waals surface area contributed by atoms with Gasteiger partial charge in [0.05, 0.1) is 18.8 Å². The van der Waals surface area contributed by atoms with Gasteiger partial charge in [0.25, 0.3) is 0 Å². The van der Waals surface area contributed by atoms with Gasteiger partial charge in [-0.15, -0.1) is 0 Å². The van der Waals surface area contributed by atoms with Crippen molar-refractivity contribution < 1.29 is 64.2 Å². The van der Waals surface area contributed by atoms with Crippen LogP contribution in [-0.4, -0.2) is 119 Å². The van der Waals surface area contributed by atoms with Gasteiger partial charge in [-0.2, -0.15) is 0 Å². The van der Waals surface area contributed by atoms with Gasteiger partial charge in [-0.05, 0) is 12.8 Å². The summed E-state index contributed by atoms with van der Waals surface area (Å²) in [5.74, 6) is -0.856. The van der Waals surface area contributed by atoms with Gasteiger partial charge in [-0.3, -0.25) is 13.8 Å². The van der Waals surface area contributed by atoms with Gasteiger partial charge in [0.2, 0.25) is 5.91 Å². The predicted octanol–water partition coefficient (Wildman–Crippen LogP) is 8.96. The summed E-state index contributed by atoms with van der Waals surface area (Å²) in [5.41, 5.74) is 0. The molecule has 388 valence electrons. The monoisotopic (exact) mass is 954 g/mol. The van der Waals surface area contributed by atoms with Crippen molar-refractivity contribution in [2.75, 3.05) is 6.61 Å². The highest BCUT2D eigenvalue weighted by molar-refractivity contribution is 7.47. The molecular weight excluding hydrogens is 854 g/mol. The van der Waals surface area contributed by atoms with Crippen molar-refractivity contribution in [2.45, 2.75) is 306 Å². The Kier molecular flexibility index (Phi) is 38.4. The molecule has 15 heteroatoms. The first-order valence-electron chi connectivity index (χ1n) is 26.7. The van der Waals surface area contributed by atoms with Crippen LogP contribution in [0, 0.1) is 0 Å². The van der Waals surface area contributed by atoms with Crippen LogP contribution >= 0.6 is 7.82 Å². The molecule has 11 atom stereocenters. The molecule has 14 nitrogen and oxygen atoms in total. The number of aliphatic hydroxyl groups is 8. The molecular formula is C50H100NO13P. The van der Waals surface area contributed by atoms with Crippen molar-refractivity contribution in [1.29, 1.82) is 0 Å². The van der Waals surface area contributed by atoms with Crippen molar-refractivity contribution >= 4 is 13.7 Å². The largest absolute Gasteiger partial charge is 0.472 e. The maximum atomic E-state index is 13.1. The summed E-state index contributed by atoms with van der Waals surface area (Å²) >= 11 is 0. The molecule has 0 spiro atoms. The van der Waals surface area contributed by atoms with E-state index in [-0.39, 0.29) is 12.8 Å². The van der Waals surface area contributed by atoms with Crippen LogP contribution in [0.15, 0.2) is 0 Å². The average molecular weight is 954 g/mol. The maximum Gasteiger partial charge on any atom is 0.472 e. The normalized spacial score (nSPS) is 22.9. The summed E-state index contributed by atoms with van der Waals surface area (Å²) in [5, 5.41) is 85.6. The lowest BCUT2D eigenvalue weighted by Crippen LogP contribution is -2.64. The molecule has 3 unspecified atom stereocenters. The lowest BCUT2D eigenvalue weighted by atomic mass is 9.85. The summed E-state index contributed by atoms with van der Waals surface area (Å²) in [7, 11) is -5.23. The summed E-state index contributed by atoms with van der Waals surface area (Å²) in [6.07, 6.45) is 24.7. The highest BCUT2D eigenvalue weighted by atomic mass is 31.2. The van der Waals surface area contributed by atoms with Crippen LogP contribution in [0.4, 0.5) is 0 Å². The van der Waals surface area contributed by atoms with E-state index in [9.17, 15) is 55.1 Å². The van der Waals surface area contributed by atoms with Gasteiger partial charge < -0.3 is 51.1 Å². The summed E-state index contributed by atoms with van der Waals surface area (Å²) < 4.78 is 22.9. The number of phosphoric acid groups is 1. The SMILES string of the molecule is CCCCCCCCCCCCCCCCCCCCCCCC[C@H](O)C(=O)N[C@@H](COP(=O)(O)OC1[C@H](O)[C@H](O)C(O)[C@H](O)[C@H]1O)[C@H](O)[C@@H](O)CCCCCCCCCCCCCC. The Morgan fingerprint density at radius 1 is 0.477 bits per heavy atom. The maximum absolute atomic E-state index is 13.1. The first kappa shape index (κ1) is 62.3. The summed E-state index contributed by atoms with van der Waals surface area (Å²) in [4.78, 5) is 23.6. The molecule has 0 aromatic carbocycles. The Bertz CT molecular complexity index is 1140. The van der Waals surface area contributed by atoms with Crippen LogP contribution < -0.4 is 5.32 Å². The van der Waals surface area contributed by atoms with Gasteiger partial charge in [-0.25, -0.2) is 4.57 Å². The van der Waals surface area contributed by atoms with Gasteiger partial charge in [-0.1, -0.05) is 232 Å². The van der Waals surface area contributed by atoms with Crippen LogP contribution in [0.5, 0.6) is 0 Å². The van der Waals surface area contributed by atoms with Crippen molar-refractivity contribution in [2.24, 2.45) is 0 Å². The number of carbonyl (C=O) groups excluding carboxylic acids is 1. The Labute approximate surface area is 394 Å². The fourth-order valence-corrected chi connectivity index (χ4v) is 9.86. The van der Waals surface area contributed by atoms with Gasteiger partial charge in [0.15, 0.2) is 0 Å². The standard InChI is InChI=1S/C50H100NO13P/c1-3-5-7-9-11-13-15-17-18-19-20-21-22-23-24-25-26-28-30-32-34-36-38-42(53)50(60)51-40(39-63-65(61,62)64-49-47(58)45(56)44(55)46(57)48(49)59)43(54)41(52)37-35-33-31-29-27-16-14-12-10-8-6-4-2/h40-49,52-59H,3-39H2,1-2H3,(H,51,60)(H,61,62)/t40-,41-,42-,43-,44?,45-,46+,47+,48+,49?/m0/s1. The summed E-state index contributed by atoms with van der Waals surface area (Å²) in [6.45, 7) is 3.60. The van der Waals surface area contributed by atoms with Gasteiger partial charge >= 0.3 is 7.82 Å². The molecule has 65 heavy (non-hydrogen) atoms. The van der Waals surface area contributed by atoms with E-state index >= 15 is 0 Å². The molecule has 0 bridgehead atoms. The van der Waals surface area contributed by atoms with Crippen molar-refractivity contribution in [3.8, 4) is 0 Å². The molecule has 10 N–H and O–H groups in total. The minimum Gasteiger partial charge on any atom is -0.390 e. The molecule has 0 heterocycles. The molecule has 0 aromatic rings. The molecule has 1 rings (SSSR count). The third-order valence-electron chi connectivity index (χ3n) is 13.4. The van der Waals surface area contributed by atoms with E-state index in [2.05, 4.69) is 19.2 Å². The van der Waals surface area contributed by atoms with Gasteiger partial charge in [0.1, 0.15) is 48.8 Å². The Morgan fingerprint density at radius 3 is 1.11 bits per heavy atom. The molecule has 1 amide bonds. The second-order valence-corrected chi connectivity index (χ2v) is 20.8. The third kappa shape index (κ3) is 30.5. The van der Waals surface area contributed by atoms with E-state index < -0.39 is 81.3 Å². The molecule has 0 radical (unpaired) electrons. The van der Waals surface area contributed by atoms with E-state index in [1.165, 1.54) is 154 Å². The molecule has 1 saturated carbocycles. The lowest BCUT2D eigenvalue weighted by molar-refractivity contribution is -0.220. The molecule has 1 aliphatic carbocycles. The third-order valence-corrected chi connectivity index (χ3v) is 14.4. The topological polar surface area (TPSA) is 247 Å². The van der Waals surface area contributed by atoms with E-state index in [0.29, 0.717) is 12.8 Å². The number of nitrogens with one attached hydrogen (secondary N) is 1. The predicted molar refractivity (Wildman–Crippen MR) is 258 cm³/mol. The Hall–Kier alpha value is -0.740. The smallest absolute Gasteiger partial charge is 0.390 e. The number of hydrogen-bond acceptors (Lipinski definition) is 12. The second-order valence-electron chi connectivity index (χ2n) is 19.4. The highest BCUT2D eigenvalue weighted by Gasteiger charge is 2.51. The molecule has 1 fully saturated rings. The van der Waals surface area contributed by atoms with Gasteiger partial charge in [0, 0.05) is 0 Å². The van der Waals surface area contributed by atoms with Crippen LogP contribution in [0.25, 0.3) is 0 Å². The Balaban J connectivity index is 2.44. The number of rotatable bonds is 45. The first-order chi connectivity index (χ1) is 31.3. The van der Waals surface area contributed by atoms with Crippen LogP contribution in [0.3, 0.4) is 0 Å². The number of hydrogen-bond donors (Lipinski definition) is 10. The quantitative estimate of drug-likeness (QED) is 0.0203. The number of aliphatic hydroxyl groups excluding tert-OH is 8. The zero-order valence-corrected chi connectivity index (χ0v) is 41.9. The Morgan fingerprint density at radius 2 is 0.769 bits per heavy atom. The number of amides is 1. The highest BCUT2D eigenvalue weighted by Crippen LogP contribution is 2.47. The van der Waals surface area contributed by atoms with Crippen molar-refractivity contribution in [3.63, 3.8) is 0 Å². The average Bonchev–Trinajstić information content (AvgIpc) is 3.29. The number of carbonyl (C=O) groups is 1. The van der Waals surface area contributed by atoms with E-state index in [1.54, 1.807) is 0 Å². The van der Waals surface area contributed by atoms with E-state index in [1.807, 2.05) is 0 Å². The van der Waals surface area contributed by atoms with Crippen LogP contribution in [0.1, 0.15) is 245 Å². The number of unbranched alkanes of at least 4 members (excludes halogenated alkanes) is 32. The second kappa shape index (κ2) is 40.0. The molecule has 0 saturated heterocycles. The van der Waals surface area contributed by atoms with Crippen LogP contribution in [0.2, 0.25) is 0 Å². The zero-order valence-electron chi connectivity index (χ0n) is 41.0. The summed E-state index contributed by atoms with van der Waals surface area (Å²) in [6, 6.07) is -1.47.